The predicted octanol–water partition coefficient (Wildman–Crippen LogP) is 2.53. The Kier molecular flexibility index (Phi) is 5.23. The van der Waals surface area contributed by atoms with Gasteiger partial charge in [-0.25, -0.2) is 13.2 Å². The van der Waals surface area contributed by atoms with E-state index in [1.807, 2.05) is 0 Å². The van der Waals surface area contributed by atoms with Gasteiger partial charge in [-0.2, -0.15) is 0 Å². The summed E-state index contributed by atoms with van der Waals surface area (Å²) < 4.78 is 45.6. The van der Waals surface area contributed by atoms with Crippen molar-refractivity contribution < 1.29 is 27.8 Å². The van der Waals surface area contributed by atoms with Gasteiger partial charge in [0.2, 0.25) is 0 Å². The van der Waals surface area contributed by atoms with Crippen LogP contribution in [0.25, 0.3) is 0 Å². The number of carbonyl (C=O) groups is 1. The fraction of sp³-hybridized carbons (Fsp3) is 0.188. The maximum atomic E-state index is 14.0. The minimum Gasteiger partial charge on any atom is -0.494 e. The highest BCUT2D eigenvalue weighted by Crippen LogP contribution is 2.23. The maximum absolute atomic E-state index is 14.0. The summed E-state index contributed by atoms with van der Waals surface area (Å²) in [6, 6.07) is 5.90. The van der Waals surface area contributed by atoms with E-state index >= 15 is 0 Å². The summed E-state index contributed by atoms with van der Waals surface area (Å²) in [6.07, 6.45) is 0. The quantitative estimate of drug-likeness (QED) is 0.888. The summed E-state index contributed by atoms with van der Waals surface area (Å²) in [5, 5.41) is 11.3. The van der Waals surface area contributed by atoms with Crippen LogP contribution in [0.1, 0.15) is 21.5 Å². The number of amides is 1. The van der Waals surface area contributed by atoms with Crippen LogP contribution in [0, 0.1) is 17.5 Å². The van der Waals surface area contributed by atoms with E-state index in [4.69, 9.17) is 9.84 Å². The van der Waals surface area contributed by atoms with Crippen molar-refractivity contribution in [3.8, 4) is 5.75 Å². The SMILES string of the molecule is COc1ccc(F)c(C(=O)NCc2ccc(F)c(CO)c2)c1F. The Balaban J connectivity index is 2.17. The first kappa shape index (κ1) is 16.8. The molecular weight excluding hydrogens is 311 g/mol. The molecule has 7 heteroatoms. The van der Waals surface area contributed by atoms with Gasteiger partial charge in [0.25, 0.3) is 5.91 Å². The number of methoxy groups -OCH3 is 1. The monoisotopic (exact) mass is 325 g/mol. The highest BCUT2D eigenvalue weighted by molar-refractivity contribution is 5.95. The molecule has 0 aliphatic rings. The predicted molar refractivity (Wildman–Crippen MR) is 76.4 cm³/mol. The van der Waals surface area contributed by atoms with Crippen molar-refractivity contribution in [1.29, 1.82) is 0 Å². The summed E-state index contributed by atoms with van der Waals surface area (Å²) >= 11 is 0. The van der Waals surface area contributed by atoms with Crippen molar-refractivity contribution in [2.45, 2.75) is 13.2 Å². The highest BCUT2D eigenvalue weighted by Gasteiger charge is 2.21. The second-order valence-electron chi connectivity index (χ2n) is 4.71. The Morgan fingerprint density at radius 1 is 1.17 bits per heavy atom. The van der Waals surface area contributed by atoms with E-state index in [2.05, 4.69) is 5.32 Å². The van der Waals surface area contributed by atoms with Crippen LogP contribution in [0.2, 0.25) is 0 Å². The minimum absolute atomic E-state index is 0.0653. The van der Waals surface area contributed by atoms with E-state index < -0.39 is 35.5 Å². The smallest absolute Gasteiger partial charge is 0.257 e. The fourth-order valence-electron chi connectivity index (χ4n) is 2.03. The molecule has 0 heterocycles. The molecule has 2 aromatic rings. The van der Waals surface area contributed by atoms with Crippen molar-refractivity contribution in [3.05, 3.63) is 64.5 Å². The molecule has 2 rings (SSSR count). The number of benzene rings is 2. The third-order valence-corrected chi connectivity index (χ3v) is 3.24. The van der Waals surface area contributed by atoms with Crippen LogP contribution in [-0.2, 0) is 13.2 Å². The molecule has 0 aliphatic heterocycles. The molecule has 0 fully saturated rings. The first-order chi connectivity index (χ1) is 11.0. The number of hydrogen-bond acceptors (Lipinski definition) is 3. The normalized spacial score (nSPS) is 10.5. The van der Waals surface area contributed by atoms with Crippen LogP contribution in [0.3, 0.4) is 0 Å². The lowest BCUT2D eigenvalue weighted by Crippen LogP contribution is -2.25. The number of aliphatic hydroxyl groups excluding tert-OH is 1. The Morgan fingerprint density at radius 2 is 1.87 bits per heavy atom. The summed E-state index contributed by atoms with van der Waals surface area (Å²) in [4.78, 5) is 12.0. The molecule has 0 unspecified atom stereocenters. The molecule has 23 heavy (non-hydrogen) atoms. The Bertz CT molecular complexity index is 735. The van der Waals surface area contributed by atoms with E-state index in [1.165, 1.54) is 19.2 Å². The number of nitrogens with one attached hydrogen (secondary N) is 1. The molecule has 1 amide bonds. The first-order valence-corrected chi connectivity index (χ1v) is 6.66. The van der Waals surface area contributed by atoms with Gasteiger partial charge in [-0.05, 0) is 29.8 Å². The van der Waals surface area contributed by atoms with Gasteiger partial charge in [-0.3, -0.25) is 4.79 Å². The average molecular weight is 325 g/mol. The fourth-order valence-corrected chi connectivity index (χ4v) is 2.03. The Labute approximate surface area is 130 Å². The molecular formula is C16H14F3NO3. The van der Waals surface area contributed by atoms with E-state index in [-0.39, 0.29) is 17.9 Å². The summed E-state index contributed by atoms with van der Waals surface area (Å²) in [6.45, 7) is -0.574. The zero-order chi connectivity index (χ0) is 17.0. The lowest BCUT2D eigenvalue weighted by Gasteiger charge is -2.10. The minimum atomic E-state index is -1.10. The van der Waals surface area contributed by atoms with Crippen molar-refractivity contribution >= 4 is 5.91 Å². The van der Waals surface area contributed by atoms with E-state index in [1.54, 1.807) is 0 Å². The van der Waals surface area contributed by atoms with Crippen molar-refractivity contribution in [2.24, 2.45) is 0 Å². The molecule has 4 nitrogen and oxygen atoms in total. The molecule has 0 saturated carbocycles. The Morgan fingerprint density at radius 3 is 2.52 bits per heavy atom. The zero-order valence-corrected chi connectivity index (χ0v) is 12.2. The third-order valence-electron chi connectivity index (χ3n) is 3.24. The van der Waals surface area contributed by atoms with Gasteiger partial charge in [0.1, 0.15) is 17.2 Å². The number of ether oxygens (including phenoxy) is 1. The van der Waals surface area contributed by atoms with Gasteiger partial charge >= 0.3 is 0 Å². The highest BCUT2D eigenvalue weighted by atomic mass is 19.1. The molecule has 2 aromatic carbocycles. The molecule has 0 spiro atoms. The van der Waals surface area contributed by atoms with Crippen LogP contribution in [-0.4, -0.2) is 18.1 Å². The van der Waals surface area contributed by atoms with Crippen LogP contribution < -0.4 is 10.1 Å². The van der Waals surface area contributed by atoms with E-state index in [9.17, 15) is 18.0 Å². The molecule has 122 valence electrons. The number of hydrogen-bond donors (Lipinski definition) is 2. The largest absolute Gasteiger partial charge is 0.494 e. The number of halogens is 3. The number of aliphatic hydroxyl groups is 1. The zero-order valence-electron chi connectivity index (χ0n) is 12.2. The van der Waals surface area contributed by atoms with Gasteiger partial charge in [-0.15, -0.1) is 0 Å². The van der Waals surface area contributed by atoms with Crippen molar-refractivity contribution in [1.82, 2.24) is 5.32 Å². The molecule has 2 N–H and O–H groups in total. The standard InChI is InChI=1S/C16H14F3NO3/c1-23-13-5-4-12(18)14(15(13)19)16(22)20-7-9-2-3-11(17)10(6-9)8-21/h2-6,21H,7-8H2,1H3,(H,20,22). The lowest BCUT2D eigenvalue weighted by molar-refractivity contribution is 0.0941. The van der Waals surface area contributed by atoms with Crippen LogP contribution >= 0.6 is 0 Å². The van der Waals surface area contributed by atoms with Gasteiger partial charge in [0.15, 0.2) is 11.6 Å². The molecule has 0 bridgehead atoms. The van der Waals surface area contributed by atoms with Gasteiger partial charge in [0, 0.05) is 12.1 Å². The average Bonchev–Trinajstić information content (AvgIpc) is 2.54. The summed E-state index contributed by atoms with van der Waals surface area (Å²) in [7, 11) is 1.20. The first-order valence-electron chi connectivity index (χ1n) is 6.66. The number of rotatable bonds is 5. The van der Waals surface area contributed by atoms with Gasteiger partial charge < -0.3 is 15.2 Å². The Hall–Kier alpha value is -2.54. The molecule has 0 aromatic heterocycles. The van der Waals surface area contributed by atoms with Crippen molar-refractivity contribution in [3.63, 3.8) is 0 Å². The van der Waals surface area contributed by atoms with Gasteiger partial charge in [-0.1, -0.05) is 6.07 Å². The van der Waals surface area contributed by atoms with Gasteiger partial charge in [0.05, 0.1) is 13.7 Å². The summed E-state index contributed by atoms with van der Waals surface area (Å²) in [5.74, 6) is -3.90. The van der Waals surface area contributed by atoms with E-state index in [0.717, 1.165) is 18.2 Å². The van der Waals surface area contributed by atoms with Crippen molar-refractivity contribution in [2.75, 3.05) is 7.11 Å². The molecule has 0 radical (unpaired) electrons. The molecule has 0 saturated heterocycles. The molecule has 0 atom stereocenters. The maximum Gasteiger partial charge on any atom is 0.257 e. The molecule has 0 aliphatic carbocycles. The topological polar surface area (TPSA) is 58.6 Å². The van der Waals surface area contributed by atoms with Crippen LogP contribution in [0.5, 0.6) is 5.75 Å². The second-order valence-corrected chi connectivity index (χ2v) is 4.71. The van der Waals surface area contributed by atoms with Crippen LogP contribution in [0.15, 0.2) is 30.3 Å². The van der Waals surface area contributed by atoms with E-state index in [0.29, 0.717) is 5.56 Å². The number of carbonyl (C=O) groups excluding carboxylic acids is 1. The second kappa shape index (κ2) is 7.15. The third kappa shape index (κ3) is 3.62. The summed E-state index contributed by atoms with van der Waals surface area (Å²) in [5.41, 5.74) is -0.211. The van der Waals surface area contributed by atoms with Crippen LogP contribution in [0.4, 0.5) is 13.2 Å². The lowest BCUT2D eigenvalue weighted by atomic mass is 10.1.